The molecule has 1 heterocycles. The summed E-state index contributed by atoms with van der Waals surface area (Å²) in [6.07, 6.45) is 1.73. The second kappa shape index (κ2) is 3.14. The van der Waals surface area contributed by atoms with Crippen molar-refractivity contribution >= 4 is 24.0 Å². The Morgan fingerprint density at radius 2 is 2.15 bits per heavy atom. The molecule has 0 fully saturated rings. The molecular weight excluding hydrogens is 186 g/mol. The van der Waals surface area contributed by atoms with Crippen LogP contribution in [0.25, 0.3) is 6.08 Å². The van der Waals surface area contributed by atoms with Gasteiger partial charge in [0.2, 0.25) is 0 Å². The predicted octanol–water partition coefficient (Wildman–Crippen LogP) is 1.55. The molecule has 1 aromatic rings. The lowest BCUT2D eigenvalue weighted by atomic mass is 10.2. The number of carbonyl (C=O) groups is 1. The third kappa shape index (κ3) is 1.53. The van der Waals surface area contributed by atoms with E-state index in [4.69, 9.17) is 9.92 Å². The Kier molecular flexibility index (Phi) is 1.98. The van der Waals surface area contributed by atoms with Crippen LogP contribution >= 0.6 is 12.0 Å². The number of nitrogens with two attached hydrogens (primary N) is 1. The van der Waals surface area contributed by atoms with Crippen LogP contribution in [0.15, 0.2) is 29.2 Å². The maximum absolute atomic E-state index is 10.8. The van der Waals surface area contributed by atoms with Crippen molar-refractivity contribution in [2.24, 2.45) is 5.73 Å². The Hall–Kier alpha value is -1.42. The van der Waals surface area contributed by atoms with Gasteiger partial charge < -0.3 is 9.92 Å². The molecule has 0 spiro atoms. The molecule has 0 aliphatic carbocycles. The lowest BCUT2D eigenvalue weighted by molar-refractivity contribution is -0.113. The number of para-hydroxylation sites is 1. The fourth-order valence-corrected chi connectivity index (χ4v) is 1.63. The molecule has 1 aromatic carbocycles. The SMILES string of the molecule is NC(=O)C1=Cc2ccccc2OS1. The molecule has 0 aromatic heterocycles. The van der Waals surface area contributed by atoms with Crippen LogP contribution in [0.3, 0.4) is 0 Å². The first kappa shape index (κ1) is 8.19. The highest BCUT2D eigenvalue weighted by atomic mass is 32.2. The van der Waals surface area contributed by atoms with E-state index in [-0.39, 0.29) is 0 Å². The van der Waals surface area contributed by atoms with Crippen LogP contribution in [0.2, 0.25) is 0 Å². The second-order valence-corrected chi connectivity index (χ2v) is 3.35. The van der Waals surface area contributed by atoms with E-state index >= 15 is 0 Å². The molecule has 0 atom stereocenters. The van der Waals surface area contributed by atoms with Crippen molar-refractivity contribution < 1.29 is 8.98 Å². The number of rotatable bonds is 1. The number of hydrogen-bond donors (Lipinski definition) is 1. The Balaban J connectivity index is 2.44. The van der Waals surface area contributed by atoms with E-state index in [1.54, 1.807) is 6.08 Å². The van der Waals surface area contributed by atoms with Crippen molar-refractivity contribution in [2.75, 3.05) is 0 Å². The fraction of sp³-hybridized carbons (Fsp3) is 0. The molecular formula is C9H7NO2S. The standard InChI is InChI=1S/C9H7NO2S/c10-9(11)8-5-6-3-1-2-4-7(6)12-13-8/h1-5H,(H2,10,11). The van der Waals surface area contributed by atoms with Crippen LogP contribution in [-0.4, -0.2) is 5.91 Å². The van der Waals surface area contributed by atoms with Crippen molar-refractivity contribution in [2.45, 2.75) is 0 Å². The summed E-state index contributed by atoms with van der Waals surface area (Å²) in [6, 6.07) is 7.48. The minimum Gasteiger partial charge on any atom is -0.420 e. The summed E-state index contributed by atoms with van der Waals surface area (Å²) < 4.78 is 5.24. The van der Waals surface area contributed by atoms with Crippen molar-refractivity contribution in [3.63, 3.8) is 0 Å². The summed E-state index contributed by atoms with van der Waals surface area (Å²) in [5, 5.41) is 0. The average molecular weight is 193 g/mol. The molecule has 0 saturated carbocycles. The molecule has 0 radical (unpaired) electrons. The van der Waals surface area contributed by atoms with E-state index in [9.17, 15) is 4.79 Å². The largest absolute Gasteiger partial charge is 0.420 e. The molecule has 1 aliphatic rings. The molecule has 3 nitrogen and oxygen atoms in total. The van der Waals surface area contributed by atoms with Gasteiger partial charge in [0.15, 0.2) is 0 Å². The van der Waals surface area contributed by atoms with Gasteiger partial charge in [-0.1, -0.05) is 18.2 Å². The first-order valence-corrected chi connectivity index (χ1v) is 4.46. The van der Waals surface area contributed by atoms with Gasteiger partial charge in [-0.25, -0.2) is 0 Å². The summed E-state index contributed by atoms with van der Waals surface area (Å²) in [7, 11) is 0. The Morgan fingerprint density at radius 3 is 2.92 bits per heavy atom. The summed E-state index contributed by atoms with van der Waals surface area (Å²) in [5.74, 6) is 0.303. The van der Waals surface area contributed by atoms with Gasteiger partial charge in [-0.2, -0.15) is 0 Å². The van der Waals surface area contributed by atoms with Gasteiger partial charge >= 0.3 is 0 Å². The van der Waals surface area contributed by atoms with Gasteiger partial charge in [-0.3, -0.25) is 4.79 Å². The van der Waals surface area contributed by atoms with Crippen LogP contribution in [0.5, 0.6) is 5.75 Å². The first-order chi connectivity index (χ1) is 6.27. The van der Waals surface area contributed by atoms with Crippen molar-refractivity contribution in [3.8, 4) is 5.75 Å². The van der Waals surface area contributed by atoms with Crippen molar-refractivity contribution in [1.29, 1.82) is 0 Å². The summed E-state index contributed by atoms with van der Waals surface area (Å²) in [5.41, 5.74) is 6.00. The number of fused-ring (bicyclic) bond motifs is 1. The molecule has 2 rings (SSSR count). The minimum atomic E-state index is -0.459. The highest BCUT2D eigenvalue weighted by Crippen LogP contribution is 2.33. The molecule has 1 aliphatic heterocycles. The van der Waals surface area contributed by atoms with E-state index in [2.05, 4.69) is 0 Å². The molecule has 66 valence electrons. The van der Waals surface area contributed by atoms with E-state index in [1.807, 2.05) is 24.3 Å². The minimum absolute atomic E-state index is 0.429. The van der Waals surface area contributed by atoms with Gasteiger partial charge in [0, 0.05) is 5.56 Å². The Bertz CT molecular complexity index is 387. The van der Waals surface area contributed by atoms with Gasteiger partial charge in [-0.05, 0) is 12.1 Å². The highest BCUT2D eigenvalue weighted by molar-refractivity contribution is 8.00. The molecule has 2 N–H and O–H groups in total. The topological polar surface area (TPSA) is 52.3 Å². The normalized spacial score (nSPS) is 14.0. The van der Waals surface area contributed by atoms with Crippen LogP contribution in [0, 0.1) is 0 Å². The molecule has 0 unspecified atom stereocenters. The van der Waals surface area contributed by atoms with Crippen LogP contribution < -0.4 is 9.92 Å². The number of primary amides is 1. The van der Waals surface area contributed by atoms with Gasteiger partial charge in [0.25, 0.3) is 5.91 Å². The number of benzene rings is 1. The quantitative estimate of drug-likeness (QED) is 0.688. The van der Waals surface area contributed by atoms with E-state index < -0.39 is 5.91 Å². The number of carbonyl (C=O) groups excluding carboxylic acids is 1. The third-order valence-corrected chi connectivity index (χ3v) is 2.43. The van der Waals surface area contributed by atoms with Gasteiger partial charge in [0.1, 0.15) is 10.7 Å². The van der Waals surface area contributed by atoms with Gasteiger partial charge in [0.05, 0.1) is 12.0 Å². The molecule has 0 saturated heterocycles. The fourth-order valence-electron chi connectivity index (χ4n) is 1.04. The van der Waals surface area contributed by atoms with Gasteiger partial charge in [-0.15, -0.1) is 0 Å². The molecule has 0 bridgehead atoms. The van der Waals surface area contributed by atoms with E-state index in [1.165, 1.54) is 0 Å². The van der Waals surface area contributed by atoms with E-state index in [0.29, 0.717) is 4.91 Å². The van der Waals surface area contributed by atoms with Crippen LogP contribution in [-0.2, 0) is 4.79 Å². The zero-order valence-corrected chi connectivity index (χ0v) is 7.51. The van der Waals surface area contributed by atoms with Crippen LogP contribution in [0.4, 0.5) is 0 Å². The average Bonchev–Trinajstić information content (AvgIpc) is 2.17. The van der Waals surface area contributed by atoms with Crippen molar-refractivity contribution in [3.05, 3.63) is 34.7 Å². The zero-order valence-electron chi connectivity index (χ0n) is 6.69. The lowest BCUT2D eigenvalue weighted by Gasteiger charge is -2.13. The number of amides is 1. The zero-order chi connectivity index (χ0) is 9.26. The van der Waals surface area contributed by atoms with E-state index in [0.717, 1.165) is 23.4 Å². The van der Waals surface area contributed by atoms with Crippen molar-refractivity contribution in [1.82, 2.24) is 0 Å². The predicted molar refractivity (Wildman–Crippen MR) is 51.8 cm³/mol. The maximum atomic E-state index is 10.8. The molecule has 13 heavy (non-hydrogen) atoms. The Morgan fingerprint density at radius 1 is 1.38 bits per heavy atom. The summed E-state index contributed by atoms with van der Waals surface area (Å²) in [6.45, 7) is 0. The maximum Gasteiger partial charge on any atom is 0.258 e. The first-order valence-electron chi connectivity index (χ1n) is 3.72. The third-order valence-electron chi connectivity index (χ3n) is 1.67. The lowest BCUT2D eigenvalue weighted by Crippen LogP contribution is -2.13. The summed E-state index contributed by atoms with van der Waals surface area (Å²) >= 11 is 1.00. The summed E-state index contributed by atoms with van der Waals surface area (Å²) in [4.78, 5) is 11.2. The Labute approximate surface area is 79.8 Å². The molecule has 1 amide bonds. The number of hydrogen-bond acceptors (Lipinski definition) is 3. The van der Waals surface area contributed by atoms with Crippen LogP contribution in [0.1, 0.15) is 5.56 Å². The smallest absolute Gasteiger partial charge is 0.258 e. The highest BCUT2D eigenvalue weighted by Gasteiger charge is 2.15. The second-order valence-electron chi connectivity index (χ2n) is 2.58. The molecule has 4 heteroatoms. The monoisotopic (exact) mass is 193 g/mol.